The van der Waals surface area contributed by atoms with Crippen molar-refractivity contribution in [1.29, 1.82) is 5.26 Å². The third kappa shape index (κ3) is 3.01. The van der Waals surface area contributed by atoms with Crippen molar-refractivity contribution in [3.05, 3.63) is 35.4 Å². The Labute approximate surface area is 121 Å². The fraction of sp³-hybridized carbons (Fsp3) is 0.529. The van der Waals surface area contributed by atoms with E-state index in [2.05, 4.69) is 18.2 Å². The number of benzene rings is 1. The van der Waals surface area contributed by atoms with Gasteiger partial charge in [-0.05, 0) is 44.2 Å². The third-order valence-electron chi connectivity index (χ3n) is 4.08. The Bertz CT molecular complexity index is 518. The molecule has 0 spiro atoms. The van der Waals surface area contributed by atoms with E-state index in [1.165, 1.54) is 11.1 Å². The van der Waals surface area contributed by atoms with E-state index in [0.29, 0.717) is 13.1 Å². The van der Waals surface area contributed by atoms with Crippen LogP contribution in [0.3, 0.4) is 0 Å². The number of carbonyl (C=O) groups is 1. The average molecular weight is 270 g/mol. The van der Waals surface area contributed by atoms with E-state index in [1.807, 2.05) is 30.9 Å². The van der Waals surface area contributed by atoms with Crippen LogP contribution >= 0.6 is 0 Å². The van der Waals surface area contributed by atoms with Crippen molar-refractivity contribution in [1.82, 2.24) is 4.90 Å². The molecule has 0 N–H and O–H groups in total. The molecule has 0 saturated heterocycles. The van der Waals surface area contributed by atoms with E-state index >= 15 is 0 Å². The number of fused-ring (bicyclic) bond motifs is 1. The fourth-order valence-corrected chi connectivity index (χ4v) is 2.98. The van der Waals surface area contributed by atoms with Crippen LogP contribution in [0.4, 0.5) is 0 Å². The number of likely N-dealkylation sites (N-methyl/N-ethyl adjacent to an activating group) is 1. The highest BCUT2D eigenvalue weighted by Gasteiger charge is 2.29. The Kier molecular flexibility index (Phi) is 4.79. The minimum absolute atomic E-state index is 0.0224. The highest BCUT2D eigenvalue weighted by molar-refractivity contribution is 5.84. The molecule has 0 unspecified atom stereocenters. The van der Waals surface area contributed by atoms with Gasteiger partial charge in [0.15, 0.2) is 0 Å². The Morgan fingerprint density at radius 1 is 1.50 bits per heavy atom. The number of hydrogen-bond acceptors (Lipinski definition) is 2. The fourth-order valence-electron chi connectivity index (χ4n) is 2.98. The van der Waals surface area contributed by atoms with E-state index in [-0.39, 0.29) is 17.7 Å². The van der Waals surface area contributed by atoms with Gasteiger partial charge in [0.1, 0.15) is 0 Å². The van der Waals surface area contributed by atoms with Gasteiger partial charge in [-0.2, -0.15) is 5.26 Å². The van der Waals surface area contributed by atoms with Crippen molar-refractivity contribution >= 4 is 5.91 Å². The predicted octanol–water partition coefficient (Wildman–Crippen LogP) is 3.11. The molecule has 1 amide bonds. The molecule has 0 saturated carbocycles. The summed E-state index contributed by atoms with van der Waals surface area (Å²) in [6.07, 6.45) is 3.06. The van der Waals surface area contributed by atoms with Gasteiger partial charge in [-0.3, -0.25) is 4.79 Å². The van der Waals surface area contributed by atoms with Gasteiger partial charge in [-0.1, -0.05) is 24.3 Å². The zero-order valence-corrected chi connectivity index (χ0v) is 12.3. The summed E-state index contributed by atoms with van der Waals surface area (Å²) in [5.41, 5.74) is 2.49. The minimum atomic E-state index is -0.113. The summed E-state index contributed by atoms with van der Waals surface area (Å²) in [6, 6.07) is 10.5. The van der Waals surface area contributed by atoms with Crippen molar-refractivity contribution in [2.75, 3.05) is 13.1 Å². The molecule has 1 aromatic carbocycles. The lowest BCUT2D eigenvalue weighted by molar-refractivity contribution is -0.133. The zero-order chi connectivity index (χ0) is 14.5. The summed E-state index contributed by atoms with van der Waals surface area (Å²) in [4.78, 5) is 14.6. The molecular formula is C17H22N2O. The number of amides is 1. The van der Waals surface area contributed by atoms with Crippen LogP contribution in [-0.2, 0) is 11.2 Å². The van der Waals surface area contributed by atoms with Crippen molar-refractivity contribution in [3.8, 4) is 6.07 Å². The van der Waals surface area contributed by atoms with Gasteiger partial charge < -0.3 is 4.90 Å². The summed E-state index contributed by atoms with van der Waals surface area (Å²) in [5, 5.41) is 8.94. The number of aryl methyl sites for hydroxylation is 1. The Morgan fingerprint density at radius 2 is 2.25 bits per heavy atom. The molecule has 1 aliphatic rings. The van der Waals surface area contributed by atoms with Crippen LogP contribution in [0.5, 0.6) is 0 Å². The van der Waals surface area contributed by atoms with E-state index in [0.717, 1.165) is 19.3 Å². The maximum atomic E-state index is 12.8. The first-order valence-electron chi connectivity index (χ1n) is 7.43. The number of nitriles is 1. The normalized spacial score (nSPS) is 18.8. The van der Waals surface area contributed by atoms with Crippen LogP contribution in [0.15, 0.2) is 24.3 Å². The number of nitrogens with zero attached hydrogens (tertiary/aromatic N) is 2. The molecule has 0 heterocycles. The Morgan fingerprint density at radius 3 is 2.95 bits per heavy atom. The lowest BCUT2D eigenvalue weighted by Gasteiger charge is -2.30. The second kappa shape index (κ2) is 6.56. The van der Waals surface area contributed by atoms with Gasteiger partial charge in [-0.15, -0.1) is 0 Å². The molecule has 2 rings (SSSR count). The summed E-state index contributed by atoms with van der Waals surface area (Å²) in [6.45, 7) is 5.05. The van der Waals surface area contributed by atoms with E-state index in [4.69, 9.17) is 5.26 Å². The molecule has 20 heavy (non-hydrogen) atoms. The van der Waals surface area contributed by atoms with Crippen LogP contribution in [0.25, 0.3) is 0 Å². The summed E-state index contributed by atoms with van der Waals surface area (Å²) >= 11 is 0. The first-order valence-corrected chi connectivity index (χ1v) is 7.43. The molecule has 0 aromatic heterocycles. The highest BCUT2D eigenvalue weighted by atomic mass is 16.2. The van der Waals surface area contributed by atoms with Crippen molar-refractivity contribution in [2.45, 2.75) is 39.0 Å². The first kappa shape index (κ1) is 14.6. The van der Waals surface area contributed by atoms with Gasteiger partial charge in [0.25, 0.3) is 0 Å². The van der Waals surface area contributed by atoms with Gasteiger partial charge in [-0.25, -0.2) is 0 Å². The van der Waals surface area contributed by atoms with E-state index < -0.39 is 0 Å². The molecule has 1 aliphatic carbocycles. The molecule has 0 radical (unpaired) electrons. The molecule has 106 valence electrons. The lowest BCUT2D eigenvalue weighted by Crippen LogP contribution is -2.38. The SMILES string of the molecule is CCN(C[C@@H](C)C#N)C(=O)[C@@H]1CCCc2ccccc21. The maximum Gasteiger partial charge on any atom is 0.230 e. The second-order valence-corrected chi connectivity index (χ2v) is 5.55. The van der Waals surface area contributed by atoms with Gasteiger partial charge >= 0.3 is 0 Å². The highest BCUT2D eigenvalue weighted by Crippen LogP contribution is 2.32. The lowest BCUT2D eigenvalue weighted by atomic mass is 9.82. The summed E-state index contributed by atoms with van der Waals surface area (Å²) in [7, 11) is 0. The standard InChI is InChI=1S/C17H22N2O/c1-3-19(12-13(2)11-18)17(20)16-10-6-8-14-7-4-5-9-15(14)16/h4-5,7,9,13,16H,3,6,8,10,12H2,1-2H3/t13-,16+/m0/s1. The molecule has 0 fully saturated rings. The molecule has 0 bridgehead atoms. The summed E-state index contributed by atoms with van der Waals surface area (Å²) < 4.78 is 0. The largest absolute Gasteiger partial charge is 0.341 e. The zero-order valence-electron chi connectivity index (χ0n) is 12.3. The quantitative estimate of drug-likeness (QED) is 0.843. The summed E-state index contributed by atoms with van der Waals surface area (Å²) in [5.74, 6) is 0.0466. The molecule has 0 aliphatic heterocycles. The number of hydrogen-bond donors (Lipinski definition) is 0. The monoisotopic (exact) mass is 270 g/mol. The third-order valence-corrected chi connectivity index (χ3v) is 4.08. The minimum Gasteiger partial charge on any atom is -0.341 e. The van der Waals surface area contributed by atoms with Crippen LogP contribution in [0, 0.1) is 17.2 Å². The predicted molar refractivity (Wildman–Crippen MR) is 79.2 cm³/mol. The van der Waals surface area contributed by atoms with Crippen molar-refractivity contribution < 1.29 is 4.79 Å². The second-order valence-electron chi connectivity index (χ2n) is 5.55. The first-order chi connectivity index (χ1) is 9.67. The smallest absolute Gasteiger partial charge is 0.230 e. The van der Waals surface area contributed by atoms with Crippen molar-refractivity contribution in [3.63, 3.8) is 0 Å². The Hall–Kier alpha value is -1.82. The Balaban J connectivity index is 2.19. The molecule has 3 nitrogen and oxygen atoms in total. The van der Waals surface area contributed by atoms with Crippen LogP contribution in [0.2, 0.25) is 0 Å². The molecular weight excluding hydrogens is 248 g/mol. The molecule has 2 atom stereocenters. The van der Waals surface area contributed by atoms with E-state index in [1.54, 1.807) is 0 Å². The number of carbonyl (C=O) groups excluding carboxylic acids is 1. The average Bonchev–Trinajstić information content (AvgIpc) is 2.51. The number of rotatable bonds is 4. The van der Waals surface area contributed by atoms with Crippen LogP contribution in [0.1, 0.15) is 43.7 Å². The van der Waals surface area contributed by atoms with Gasteiger partial charge in [0.2, 0.25) is 5.91 Å². The molecule has 3 heteroatoms. The van der Waals surface area contributed by atoms with Crippen LogP contribution in [-0.4, -0.2) is 23.9 Å². The topological polar surface area (TPSA) is 44.1 Å². The van der Waals surface area contributed by atoms with E-state index in [9.17, 15) is 4.79 Å². The van der Waals surface area contributed by atoms with Gasteiger partial charge in [0.05, 0.1) is 17.9 Å². The van der Waals surface area contributed by atoms with Crippen molar-refractivity contribution in [2.24, 2.45) is 5.92 Å². The van der Waals surface area contributed by atoms with Crippen LogP contribution < -0.4 is 0 Å². The molecule has 1 aromatic rings. The van der Waals surface area contributed by atoms with Gasteiger partial charge in [0, 0.05) is 13.1 Å². The maximum absolute atomic E-state index is 12.8.